The highest BCUT2D eigenvalue weighted by Crippen LogP contribution is 2.11. The van der Waals surface area contributed by atoms with Crippen LogP contribution in [0, 0.1) is 17.1 Å². The molecule has 1 amide bonds. The Kier molecular flexibility index (Phi) is 3.81. The van der Waals surface area contributed by atoms with Gasteiger partial charge < -0.3 is 5.73 Å². The summed E-state index contributed by atoms with van der Waals surface area (Å²) in [5, 5.41) is 11.5. The van der Waals surface area contributed by atoms with E-state index in [0.29, 0.717) is 11.1 Å². The van der Waals surface area contributed by atoms with Gasteiger partial charge in [0, 0.05) is 12.1 Å². The van der Waals surface area contributed by atoms with Crippen molar-refractivity contribution in [3.8, 4) is 6.07 Å². The molecule has 3 N–H and O–H groups in total. The van der Waals surface area contributed by atoms with E-state index in [2.05, 4.69) is 5.32 Å². The van der Waals surface area contributed by atoms with Crippen LogP contribution in [0.4, 0.5) is 4.39 Å². The molecular formula is C12H14FN3O. The molecule has 0 spiro atoms. The highest BCUT2D eigenvalue weighted by atomic mass is 19.1. The first-order valence-corrected chi connectivity index (χ1v) is 5.10. The largest absolute Gasteiger partial charge is 0.368 e. The van der Waals surface area contributed by atoms with Gasteiger partial charge in [-0.2, -0.15) is 5.26 Å². The van der Waals surface area contributed by atoms with Crippen LogP contribution < -0.4 is 11.1 Å². The standard InChI is InChI=1S/C12H14FN3O/c1-12(2,11(15)17)16-7-9-5-8(6-14)3-4-10(9)13/h3-5,16H,7H2,1-2H3,(H2,15,17). The Labute approximate surface area is 99.2 Å². The number of rotatable bonds is 4. The zero-order valence-electron chi connectivity index (χ0n) is 9.75. The first-order valence-electron chi connectivity index (χ1n) is 5.10. The molecule has 17 heavy (non-hydrogen) atoms. The predicted octanol–water partition coefficient (Wildman–Crippen LogP) is 1.05. The molecule has 1 rings (SSSR count). The van der Waals surface area contributed by atoms with Crippen LogP contribution in [-0.2, 0) is 11.3 Å². The van der Waals surface area contributed by atoms with Crippen molar-refractivity contribution < 1.29 is 9.18 Å². The molecule has 0 atom stereocenters. The van der Waals surface area contributed by atoms with Gasteiger partial charge in [-0.1, -0.05) is 0 Å². The molecule has 0 radical (unpaired) electrons. The van der Waals surface area contributed by atoms with Gasteiger partial charge in [0.1, 0.15) is 5.82 Å². The maximum absolute atomic E-state index is 13.4. The third-order valence-electron chi connectivity index (χ3n) is 2.51. The van der Waals surface area contributed by atoms with Gasteiger partial charge in [-0.25, -0.2) is 4.39 Å². The topological polar surface area (TPSA) is 78.9 Å². The number of benzene rings is 1. The normalized spacial score (nSPS) is 10.9. The van der Waals surface area contributed by atoms with Crippen LogP contribution in [0.15, 0.2) is 18.2 Å². The lowest BCUT2D eigenvalue weighted by atomic mass is 10.0. The number of nitrogens with two attached hydrogens (primary N) is 1. The minimum Gasteiger partial charge on any atom is -0.368 e. The first kappa shape index (κ1) is 13.1. The second kappa shape index (κ2) is 4.93. The minimum atomic E-state index is -0.922. The van der Waals surface area contributed by atoms with Crippen LogP contribution in [0.2, 0.25) is 0 Å². The summed E-state index contributed by atoms with van der Waals surface area (Å²) in [5.41, 5.74) is 4.97. The third-order valence-corrected chi connectivity index (χ3v) is 2.51. The molecule has 0 saturated heterocycles. The number of hydrogen-bond donors (Lipinski definition) is 2. The molecule has 0 aromatic heterocycles. The fourth-order valence-electron chi connectivity index (χ4n) is 1.18. The van der Waals surface area contributed by atoms with Crippen molar-refractivity contribution in [3.05, 3.63) is 35.1 Å². The van der Waals surface area contributed by atoms with Crippen LogP contribution in [0.5, 0.6) is 0 Å². The SMILES string of the molecule is CC(C)(NCc1cc(C#N)ccc1F)C(N)=O. The first-order chi connectivity index (χ1) is 7.86. The number of nitrogens with zero attached hydrogens (tertiary/aromatic N) is 1. The molecule has 0 fully saturated rings. The van der Waals surface area contributed by atoms with Crippen molar-refractivity contribution in [2.75, 3.05) is 0 Å². The number of hydrogen-bond acceptors (Lipinski definition) is 3. The maximum atomic E-state index is 13.4. The molecular weight excluding hydrogens is 221 g/mol. The Balaban J connectivity index is 2.83. The average molecular weight is 235 g/mol. The van der Waals surface area contributed by atoms with Gasteiger partial charge in [-0.15, -0.1) is 0 Å². The Morgan fingerprint density at radius 1 is 1.59 bits per heavy atom. The molecule has 1 aromatic carbocycles. The average Bonchev–Trinajstić information content (AvgIpc) is 2.28. The predicted molar refractivity (Wildman–Crippen MR) is 61.2 cm³/mol. The number of halogens is 1. The summed E-state index contributed by atoms with van der Waals surface area (Å²) in [5.74, 6) is -0.939. The smallest absolute Gasteiger partial charge is 0.237 e. The van der Waals surface area contributed by atoms with E-state index in [9.17, 15) is 9.18 Å². The third kappa shape index (κ3) is 3.26. The second-order valence-corrected chi connectivity index (χ2v) is 4.26. The van der Waals surface area contributed by atoms with E-state index in [1.165, 1.54) is 18.2 Å². The molecule has 0 saturated carbocycles. The number of carbonyl (C=O) groups excluding carboxylic acids is 1. The Morgan fingerprint density at radius 3 is 2.76 bits per heavy atom. The summed E-state index contributed by atoms with van der Waals surface area (Å²) in [4.78, 5) is 11.1. The molecule has 1 aromatic rings. The second-order valence-electron chi connectivity index (χ2n) is 4.26. The fourth-order valence-corrected chi connectivity index (χ4v) is 1.18. The van der Waals surface area contributed by atoms with Gasteiger partial charge in [-0.05, 0) is 32.0 Å². The summed E-state index contributed by atoms with van der Waals surface area (Å²) >= 11 is 0. The summed E-state index contributed by atoms with van der Waals surface area (Å²) in [6.45, 7) is 3.36. The van der Waals surface area contributed by atoms with Crippen molar-refractivity contribution >= 4 is 5.91 Å². The van der Waals surface area contributed by atoms with E-state index in [1.54, 1.807) is 13.8 Å². The van der Waals surface area contributed by atoms with Gasteiger partial charge in [-0.3, -0.25) is 10.1 Å². The quantitative estimate of drug-likeness (QED) is 0.818. The minimum absolute atomic E-state index is 0.136. The monoisotopic (exact) mass is 235 g/mol. The van der Waals surface area contributed by atoms with Crippen LogP contribution in [-0.4, -0.2) is 11.4 Å². The number of primary amides is 1. The summed E-state index contributed by atoms with van der Waals surface area (Å²) in [6, 6.07) is 6.00. The van der Waals surface area contributed by atoms with Gasteiger partial charge in [0.2, 0.25) is 5.91 Å². The molecule has 0 aliphatic heterocycles. The van der Waals surface area contributed by atoms with Crippen molar-refractivity contribution in [1.82, 2.24) is 5.32 Å². The van der Waals surface area contributed by atoms with Gasteiger partial charge in [0.25, 0.3) is 0 Å². The highest BCUT2D eigenvalue weighted by Gasteiger charge is 2.24. The van der Waals surface area contributed by atoms with Gasteiger partial charge >= 0.3 is 0 Å². The lowest BCUT2D eigenvalue weighted by molar-refractivity contribution is -0.123. The Bertz CT molecular complexity index is 477. The number of nitriles is 1. The highest BCUT2D eigenvalue weighted by molar-refractivity contribution is 5.83. The number of carbonyl (C=O) groups is 1. The van der Waals surface area contributed by atoms with E-state index in [4.69, 9.17) is 11.0 Å². The number of amides is 1. The lowest BCUT2D eigenvalue weighted by Crippen LogP contribution is -2.50. The zero-order chi connectivity index (χ0) is 13.1. The molecule has 5 heteroatoms. The van der Waals surface area contributed by atoms with E-state index in [1.807, 2.05) is 6.07 Å². The molecule has 0 bridgehead atoms. The van der Waals surface area contributed by atoms with E-state index in [-0.39, 0.29) is 6.54 Å². The van der Waals surface area contributed by atoms with E-state index < -0.39 is 17.3 Å². The molecule has 90 valence electrons. The molecule has 0 aliphatic rings. The van der Waals surface area contributed by atoms with Crippen molar-refractivity contribution in [1.29, 1.82) is 5.26 Å². The van der Waals surface area contributed by atoms with Crippen molar-refractivity contribution in [2.24, 2.45) is 5.73 Å². The molecule has 4 nitrogen and oxygen atoms in total. The van der Waals surface area contributed by atoms with Crippen LogP contribution in [0.1, 0.15) is 25.0 Å². The van der Waals surface area contributed by atoms with Crippen molar-refractivity contribution in [2.45, 2.75) is 25.9 Å². The summed E-state index contributed by atoms with van der Waals surface area (Å²) in [6.07, 6.45) is 0. The van der Waals surface area contributed by atoms with Gasteiger partial charge in [0.15, 0.2) is 0 Å². The summed E-state index contributed by atoms with van der Waals surface area (Å²) in [7, 11) is 0. The fraction of sp³-hybridized carbons (Fsp3) is 0.333. The van der Waals surface area contributed by atoms with Crippen LogP contribution in [0.3, 0.4) is 0 Å². The summed E-state index contributed by atoms with van der Waals surface area (Å²) < 4.78 is 13.4. The van der Waals surface area contributed by atoms with E-state index >= 15 is 0 Å². The number of nitrogens with one attached hydrogen (secondary N) is 1. The molecule has 0 heterocycles. The maximum Gasteiger partial charge on any atom is 0.237 e. The van der Waals surface area contributed by atoms with Gasteiger partial charge in [0.05, 0.1) is 17.2 Å². The Hall–Kier alpha value is -1.93. The van der Waals surface area contributed by atoms with Crippen LogP contribution >= 0.6 is 0 Å². The zero-order valence-corrected chi connectivity index (χ0v) is 9.75. The van der Waals surface area contributed by atoms with Crippen molar-refractivity contribution in [3.63, 3.8) is 0 Å². The molecule has 0 aliphatic carbocycles. The van der Waals surface area contributed by atoms with E-state index in [0.717, 1.165) is 0 Å². The Morgan fingerprint density at radius 2 is 2.24 bits per heavy atom. The lowest BCUT2D eigenvalue weighted by Gasteiger charge is -2.22. The molecule has 0 unspecified atom stereocenters. The van der Waals surface area contributed by atoms with Crippen LogP contribution in [0.25, 0.3) is 0 Å².